The zero-order chi connectivity index (χ0) is 23.8. The van der Waals surface area contributed by atoms with Crippen molar-refractivity contribution in [1.82, 2.24) is 14.5 Å². The number of ether oxygens (including phenoxy) is 1. The van der Waals surface area contributed by atoms with Crippen LogP contribution in [0.2, 0.25) is 0 Å². The average molecular weight is 458 g/mol. The van der Waals surface area contributed by atoms with Gasteiger partial charge in [0.1, 0.15) is 5.75 Å². The van der Waals surface area contributed by atoms with Crippen molar-refractivity contribution in [3.05, 3.63) is 77.4 Å². The van der Waals surface area contributed by atoms with Crippen molar-refractivity contribution in [2.75, 3.05) is 13.7 Å². The molecule has 0 spiro atoms. The van der Waals surface area contributed by atoms with Gasteiger partial charge in [0.2, 0.25) is 5.91 Å². The predicted octanol–water partition coefficient (Wildman–Crippen LogP) is 5.99. The molecule has 1 saturated carbocycles. The smallest absolute Gasteiger partial charge is 0.226 e. The van der Waals surface area contributed by atoms with E-state index in [2.05, 4.69) is 66.2 Å². The second-order valence-electron chi connectivity index (χ2n) is 10.1. The minimum Gasteiger partial charge on any atom is -0.495 e. The van der Waals surface area contributed by atoms with Gasteiger partial charge in [-0.2, -0.15) is 0 Å². The lowest BCUT2D eigenvalue weighted by Crippen LogP contribution is -2.44. The fourth-order valence-electron chi connectivity index (χ4n) is 5.63. The number of hydrogen-bond acceptors (Lipinski definition) is 3. The molecule has 1 aliphatic heterocycles. The first-order valence-corrected chi connectivity index (χ1v) is 12.5. The molecule has 1 saturated heterocycles. The van der Waals surface area contributed by atoms with E-state index in [4.69, 9.17) is 4.74 Å². The maximum Gasteiger partial charge on any atom is 0.226 e. The van der Waals surface area contributed by atoms with E-state index in [0.717, 1.165) is 36.5 Å². The molecule has 3 unspecified atom stereocenters. The van der Waals surface area contributed by atoms with E-state index in [1.165, 1.54) is 29.5 Å². The first kappa shape index (κ1) is 22.7. The normalized spacial score (nSPS) is 20.3. The highest BCUT2D eigenvalue weighted by Crippen LogP contribution is 2.50. The van der Waals surface area contributed by atoms with Gasteiger partial charge >= 0.3 is 0 Å². The fraction of sp³-hybridized carbons (Fsp3) is 0.448. The first-order valence-electron chi connectivity index (χ1n) is 12.5. The lowest BCUT2D eigenvalue weighted by atomic mass is 9.77. The van der Waals surface area contributed by atoms with Crippen molar-refractivity contribution in [3.63, 3.8) is 0 Å². The molecule has 1 aliphatic carbocycles. The van der Waals surface area contributed by atoms with E-state index in [1.54, 1.807) is 7.11 Å². The minimum absolute atomic E-state index is 0.0280. The van der Waals surface area contributed by atoms with Crippen LogP contribution in [0.5, 0.6) is 5.75 Å². The maximum atomic E-state index is 13.9. The second kappa shape index (κ2) is 9.28. The third kappa shape index (κ3) is 4.36. The standard InChI is InChI=1S/C29H35N3O2/c1-19-7-9-22(10-8-19)21(3)32-15-5-6-25(29(32)33)28(23-11-12-23)24-13-14-26(27(16-24)34-4)31-17-20(2)30-18-31/h7-10,13-14,16-18,21,23,25,28H,5-6,11-12,15H2,1-4H3. The SMILES string of the molecule is COc1cc(C(C2CC2)C2CCCN(C(C)c3ccc(C)cc3)C2=O)ccc1-n1cnc(C)c1. The van der Waals surface area contributed by atoms with Gasteiger partial charge in [-0.1, -0.05) is 35.9 Å². The minimum atomic E-state index is 0.0280. The van der Waals surface area contributed by atoms with E-state index in [0.29, 0.717) is 11.8 Å². The zero-order valence-electron chi connectivity index (χ0n) is 20.7. The molecule has 2 fully saturated rings. The Morgan fingerprint density at radius 2 is 1.76 bits per heavy atom. The van der Waals surface area contributed by atoms with Crippen LogP contribution in [0.4, 0.5) is 0 Å². The molecule has 1 amide bonds. The number of benzene rings is 2. The molecule has 2 aliphatic rings. The highest BCUT2D eigenvalue weighted by molar-refractivity contribution is 5.81. The summed E-state index contributed by atoms with van der Waals surface area (Å²) in [5, 5.41) is 0. The molecule has 34 heavy (non-hydrogen) atoms. The number of carbonyl (C=O) groups is 1. The van der Waals surface area contributed by atoms with Crippen molar-refractivity contribution in [3.8, 4) is 11.4 Å². The van der Waals surface area contributed by atoms with Gasteiger partial charge in [0.25, 0.3) is 0 Å². The van der Waals surface area contributed by atoms with Crippen LogP contribution in [0.15, 0.2) is 55.0 Å². The quantitative estimate of drug-likeness (QED) is 0.438. The number of amides is 1. The monoisotopic (exact) mass is 457 g/mol. The lowest BCUT2D eigenvalue weighted by molar-refractivity contribution is -0.142. The summed E-state index contributed by atoms with van der Waals surface area (Å²) in [6, 6.07) is 15.2. The summed E-state index contributed by atoms with van der Waals surface area (Å²) in [6.45, 7) is 7.09. The average Bonchev–Trinajstić information content (AvgIpc) is 3.59. The molecule has 5 heteroatoms. The van der Waals surface area contributed by atoms with Crippen molar-refractivity contribution in [2.24, 2.45) is 11.8 Å². The molecule has 3 aromatic rings. The summed E-state index contributed by atoms with van der Waals surface area (Å²) in [6.07, 6.45) is 8.24. The number of imidazole rings is 1. The lowest BCUT2D eigenvalue weighted by Gasteiger charge is -2.40. The number of nitrogens with zero attached hydrogens (tertiary/aromatic N) is 3. The molecule has 0 radical (unpaired) electrons. The van der Waals surface area contributed by atoms with Crippen LogP contribution in [-0.2, 0) is 4.79 Å². The summed E-state index contributed by atoms with van der Waals surface area (Å²) < 4.78 is 7.80. The van der Waals surface area contributed by atoms with Gasteiger partial charge in [0, 0.05) is 18.7 Å². The third-order valence-electron chi connectivity index (χ3n) is 7.68. The van der Waals surface area contributed by atoms with E-state index in [1.807, 2.05) is 24.0 Å². The van der Waals surface area contributed by atoms with Gasteiger partial charge in [-0.25, -0.2) is 4.98 Å². The van der Waals surface area contributed by atoms with E-state index in [9.17, 15) is 4.79 Å². The topological polar surface area (TPSA) is 47.4 Å². The molecule has 2 heterocycles. The Morgan fingerprint density at radius 1 is 1.03 bits per heavy atom. The molecular formula is C29H35N3O2. The Labute approximate surface area is 202 Å². The largest absolute Gasteiger partial charge is 0.495 e. The molecule has 178 valence electrons. The highest BCUT2D eigenvalue weighted by atomic mass is 16.5. The summed E-state index contributed by atoms with van der Waals surface area (Å²) in [4.78, 5) is 20.4. The third-order valence-corrected chi connectivity index (χ3v) is 7.68. The van der Waals surface area contributed by atoms with Crippen molar-refractivity contribution >= 4 is 5.91 Å². The van der Waals surface area contributed by atoms with Crippen LogP contribution in [0, 0.1) is 25.7 Å². The van der Waals surface area contributed by atoms with Crippen molar-refractivity contribution < 1.29 is 9.53 Å². The van der Waals surface area contributed by atoms with Crippen LogP contribution in [0.1, 0.15) is 67.0 Å². The summed E-state index contributed by atoms with van der Waals surface area (Å²) in [5.74, 6) is 1.99. The van der Waals surface area contributed by atoms with Gasteiger partial charge in [0.05, 0.1) is 30.9 Å². The molecule has 5 rings (SSSR count). The summed E-state index contributed by atoms with van der Waals surface area (Å²) in [5.41, 5.74) is 5.63. The first-order chi connectivity index (χ1) is 16.5. The van der Waals surface area contributed by atoms with E-state index < -0.39 is 0 Å². The fourth-order valence-corrected chi connectivity index (χ4v) is 5.63. The number of likely N-dealkylation sites (tertiary alicyclic amines) is 1. The Bertz CT molecular complexity index is 1160. The molecule has 0 N–H and O–H groups in total. The van der Waals surface area contributed by atoms with Crippen molar-refractivity contribution in [2.45, 2.75) is 58.4 Å². The second-order valence-corrected chi connectivity index (χ2v) is 10.1. The Morgan fingerprint density at radius 3 is 2.41 bits per heavy atom. The number of aryl methyl sites for hydroxylation is 2. The Hall–Kier alpha value is -3.08. The number of piperidine rings is 1. The van der Waals surface area contributed by atoms with Gasteiger partial charge in [0.15, 0.2) is 0 Å². The van der Waals surface area contributed by atoms with Crippen LogP contribution in [-0.4, -0.2) is 34.0 Å². The molecule has 0 bridgehead atoms. The Balaban J connectivity index is 1.43. The van der Waals surface area contributed by atoms with Gasteiger partial charge in [-0.05, 0) is 81.5 Å². The van der Waals surface area contributed by atoms with Gasteiger partial charge in [-0.15, -0.1) is 0 Å². The molecule has 3 atom stereocenters. The number of carbonyl (C=O) groups excluding carboxylic acids is 1. The molecule has 2 aromatic carbocycles. The number of aromatic nitrogens is 2. The van der Waals surface area contributed by atoms with E-state index >= 15 is 0 Å². The maximum absolute atomic E-state index is 13.9. The highest BCUT2D eigenvalue weighted by Gasteiger charge is 2.44. The predicted molar refractivity (Wildman–Crippen MR) is 134 cm³/mol. The number of rotatable bonds is 7. The van der Waals surface area contributed by atoms with Crippen LogP contribution in [0.3, 0.4) is 0 Å². The van der Waals surface area contributed by atoms with Crippen LogP contribution >= 0.6 is 0 Å². The summed E-state index contributed by atoms with van der Waals surface area (Å²) >= 11 is 0. The molecular weight excluding hydrogens is 422 g/mol. The number of hydrogen-bond donors (Lipinski definition) is 0. The molecule has 1 aromatic heterocycles. The van der Waals surface area contributed by atoms with Gasteiger partial charge in [-0.3, -0.25) is 4.79 Å². The van der Waals surface area contributed by atoms with Crippen LogP contribution < -0.4 is 4.74 Å². The van der Waals surface area contributed by atoms with Crippen LogP contribution in [0.25, 0.3) is 5.69 Å². The zero-order valence-corrected chi connectivity index (χ0v) is 20.7. The van der Waals surface area contributed by atoms with E-state index in [-0.39, 0.29) is 17.9 Å². The van der Waals surface area contributed by atoms with Gasteiger partial charge < -0.3 is 14.2 Å². The van der Waals surface area contributed by atoms with Crippen molar-refractivity contribution in [1.29, 1.82) is 0 Å². The molecule has 5 nitrogen and oxygen atoms in total. The Kier molecular flexibility index (Phi) is 6.20. The number of methoxy groups -OCH3 is 1. The summed E-state index contributed by atoms with van der Waals surface area (Å²) in [7, 11) is 1.72.